The fraction of sp³-hybridized carbons (Fsp3) is 0.500. The van der Waals surface area contributed by atoms with Crippen LogP contribution in [0.5, 0.6) is 0 Å². The van der Waals surface area contributed by atoms with Gasteiger partial charge in [-0.2, -0.15) is 0 Å². The van der Waals surface area contributed by atoms with Crippen molar-refractivity contribution in [2.75, 3.05) is 12.9 Å². The molecule has 4 aliphatic carbocycles. The summed E-state index contributed by atoms with van der Waals surface area (Å²) in [7, 11) is 1.28. The molecule has 2 aromatic rings. The summed E-state index contributed by atoms with van der Waals surface area (Å²) in [5, 5.41) is 3.38. The van der Waals surface area contributed by atoms with E-state index in [-0.39, 0.29) is 35.1 Å². The van der Waals surface area contributed by atoms with E-state index in [1.807, 2.05) is 12.1 Å². The molecule has 0 unspecified atom stereocenters. The Balaban J connectivity index is 1.18. The lowest BCUT2D eigenvalue weighted by molar-refractivity contribution is -0.124. The number of esters is 2. The summed E-state index contributed by atoms with van der Waals surface area (Å²) in [6.45, 7) is -0.193. The van der Waals surface area contributed by atoms with Crippen molar-refractivity contribution >= 4 is 29.6 Å². The van der Waals surface area contributed by atoms with Crippen molar-refractivity contribution in [1.82, 2.24) is 5.32 Å². The Morgan fingerprint density at radius 1 is 1.00 bits per heavy atom. The van der Waals surface area contributed by atoms with Gasteiger partial charge < -0.3 is 19.2 Å². The summed E-state index contributed by atoms with van der Waals surface area (Å²) in [4.78, 5) is 38.1. The number of thioether (sulfide) groups is 1. The standard InChI is InChI=1S/C26H29NO6S/c1-31-24(29)19-6-7-32-21(19)14-33-25(30)20-4-2-3-5-22(20)34-15-23(28)27-26-11-16-8-17(12-26)10-18(9-16)13-26/h2-7,16-18H,8-15H2,1H3,(H,27,28). The van der Waals surface area contributed by atoms with Crippen molar-refractivity contribution in [3.8, 4) is 0 Å². The van der Waals surface area contributed by atoms with Gasteiger partial charge >= 0.3 is 11.9 Å². The molecule has 8 heteroatoms. The van der Waals surface area contributed by atoms with Gasteiger partial charge in [-0.3, -0.25) is 4.79 Å². The van der Waals surface area contributed by atoms with Crippen LogP contribution in [0, 0.1) is 17.8 Å². The van der Waals surface area contributed by atoms with Gasteiger partial charge in [0, 0.05) is 10.4 Å². The van der Waals surface area contributed by atoms with E-state index in [1.54, 1.807) is 12.1 Å². The molecule has 6 rings (SSSR count). The number of nitrogens with one attached hydrogen (secondary N) is 1. The number of carbonyl (C=O) groups is 3. The van der Waals surface area contributed by atoms with E-state index >= 15 is 0 Å². The smallest absolute Gasteiger partial charge is 0.341 e. The average Bonchev–Trinajstić information content (AvgIpc) is 3.28. The highest BCUT2D eigenvalue weighted by Gasteiger charge is 2.51. The molecule has 0 spiro atoms. The Morgan fingerprint density at radius 3 is 2.35 bits per heavy atom. The molecule has 0 atom stereocenters. The van der Waals surface area contributed by atoms with Crippen molar-refractivity contribution < 1.29 is 28.3 Å². The second-order valence-electron chi connectivity index (χ2n) is 9.86. The van der Waals surface area contributed by atoms with Crippen molar-refractivity contribution in [3.05, 3.63) is 53.5 Å². The van der Waals surface area contributed by atoms with Gasteiger partial charge in [-0.25, -0.2) is 9.59 Å². The van der Waals surface area contributed by atoms with Gasteiger partial charge in [0.1, 0.15) is 5.56 Å². The average molecular weight is 484 g/mol. The lowest BCUT2D eigenvalue weighted by Gasteiger charge is -2.56. The summed E-state index contributed by atoms with van der Waals surface area (Å²) in [6.07, 6.45) is 8.67. The Hall–Kier alpha value is -2.74. The second-order valence-corrected chi connectivity index (χ2v) is 10.9. The molecule has 4 bridgehead atoms. The molecule has 0 saturated heterocycles. The first-order valence-electron chi connectivity index (χ1n) is 11.8. The second kappa shape index (κ2) is 9.49. The molecule has 1 aromatic carbocycles. The largest absolute Gasteiger partial charge is 0.465 e. The summed E-state index contributed by atoms with van der Waals surface area (Å²) in [6, 6.07) is 8.54. The highest BCUT2D eigenvalue weighted by molar-refractivity contribution is 8.00. The number of ether oxygens (including phenoxy) is 2. The van der Waals surface area contributed by atoms with Crippen LogP contribution in [0.25, 0.3) is 0 Å². The predicted molar refractivity (Wildman–Crippen MR) is 125 cm³/mol. The quantitative estimate of drug-likeness (QED) is 0.433. The number of furan rings is 1. The number of carbonyl (C=O) groups excluding carboxylic acids is 3. The van der Waals surface area contributed by atoms with E-state index in [0.717, 1.165) is 37.0 Å². The summed E-state index contributed by atoms with van der Waals surface area (Å²) < 4.78 is 15.4. The molecule has 1 N–H and O–H groups in total. The van der Waals surface area contributed by atoms with Crippen LogP contribution in [-0.4, -0.2) is 36.2 Å². The van der Waals surface area contributed by atoms with Gasteiger partial charge in [0.05, 0.1) is 24.7 Å². The summed E-state index contributed by atoms with van der Waals surface area (Å²) in [5.74, 6) is 1.69. The molecule has 1 heterocycles. The zero-order chi connectivity index (χ0) is 23.7. The van der Waals surface area contributed by atoms with Crippen LogP contribution < -0.4 is 5.32 Å². The van der Waals surface area contributed by atoms with Gasteiger partial charge in [-0.15, -0.1) is 11.8 Å². The monoisotopic (exact) mass is 483 g/mol. The fourth-order valence-corrected chi connectivity index (χ4v) is 7.29. The molecular formula is C26H29NO6S. The highest BCUT2D eigenvalue weighted by Crippen LogP contribution is 2.55. The molecule has 180 valence electrons. The molecule has 7 nitrogen and oxygen atoms in total. The molecular weight excluding hydrogens is 454 g/mol. The minimum atomic E-state index is -0.555. The van der Waals surface area contributed by atoms with E-state index in [9.17, 15) is 14.4 Å². The molecule has 4 saturated carbocycles. The van der Waals surface area contributed by atoms with Crippen molar-refractivity contribution in [2.45, 2.75) is 55.6 Å². The lowest BCUT2D eigenvalue weighted by atomic mass is 9.53. The van der Waals surface area contributed by atoms with Gasteiger partial charge in [-0.05, 0) is 74.5 Å². The zero-order valence-corrected chi connectivity index (χ0v) is 20.0. The van der Waals surface area contributed by atoms with Crippen LogP contribution in [-0.2, 0) is 20.9 Å². The maximum Gasteiger partial charge on any atom is 0.341 e. The van der Waals surface area contributed by atoms with Gasteiger partial charge in [-0.1, -0.05) is 12.1 Å². The number of hydrogen-bond acceptors (Lipinski definition) is 7. The van der Waals surface area contributed by atoms with Crippen LogP contribution in [0.3, 0.4) is 0 Å². The first-order valence-corrected chi connectivity index (χ1v) is 12.8. The number of amides is 1. The Kier molecular flexibility index (Phi) is 6.42. The van der Waals surface area contributed by atoms with Crippen LogP contribution in [0.15, 0.2) is 45.9 Å². The third-order valence-corrected chi connectivity index (χ3v) is 8.47. The number of benzene rings is 1. The van der Waals surface area contributed by atoms with E-state index in [1.165, 1.54) is 50.5 Å². The van der Waals surface area contributed by atoms with Crippen molar-refractivity contribution in [2.24, 2.45) is 17.8 Å². The van der Waals surface area contributed by atoms with Crippen LogP contribution >= 0.6 is 11.8 Å². The van der Waals surface area contributed by atoms with Crippen molar-refractivity contribution in [1.29, 1.82) is 0 Å². The van der Waals surface area contributed by atoms with E-state index in [2.05, 4.69) is 5.32 Å². The molecule has 1 aromatic heterocycles. The minimum absolute atomic E-state index is 0.0217. The first-order chi connectivity index (χ1) is 16.4. The zero-order valence-electron chi connectivity index (χ0n) is 19.2. The third-order valence-electron chi connectivity index (χ3n) is 7.39. The van der Waals surface area contributed by atoms with Crippen LogP contribution in [0.2, 0.25) is 0 Å². The van der Waals surface area contributed by atoms with Crippen LogP contribution in [0.4, 0.5) is 0 Å². The maximum atomic E-state index is 12.9. The van der Waals surface area contributed by atoms with Crippen molar-refractivity contribution in [3.63, 3.8) is 0 Å². The molecule has 0 aliphatic heterocycles. The fourth-order valence-electron chi connectivity index (χ4n) is 6.45. The minimum Gasteiger partial charge on any atom is -0.465 e. The lowest BCUT2D eigenvalue weighted by Crippen LogP contribution is -2.60. The predicted octanol–water partition coefficient (Wildman–Crippen LogP) is 4.60. The van der Waals surface area contributed by atoms with Gasteiger partial charge in [0.25, 0.3) is 0 Å². The molecule has 0 radical (unpaired) electrons. The molecule has 4 fully saturated rings. The SMILES string of the molecule is COC(=O)c1ccoc1COC(=O)c1ccccc1SCC(=O)NC12CC3CC(CC(C3)C1)C2. The highest BCUT2D eigenvalue weighted by atomic mass is 32.2. The molecule has 34 heavy (non-hydrogen) atoms. The topological polar surface area (TPSA) is 94.8 Å². The first kappa shape index (κ1) is 23.0. The van der Waals surface area contributed by atoms with Crippen LogP contribution in [0.1, 0.15) is 65.0 Å². The van der Waals surface area contributed by atoms with Gasteiger partial charge in [0.2, 0.25) is 5.91 Å². The third kappa shape index (κ3) is 4.73. The Morgan fingerprint density at radius 2 is 1.68 bits per heavy atom. The van der Waals surface area contributed by atoms with E-state index < -0.39 is 11.9 Å². The summed E-state index contributed by atoms with van der Waals surface area (Å²) >= 11 is 1.34. The Labute approximate surface area is 202 Å². The maximum absolute atomic E-state index is 12.9. The van der Waals surface area contributed by atoms with Gasteiger partial charge in [0.15, 0.2) is 12.4 Å². The molecule has 1 amide bonds. The number of hydrogen-bond donors (Lipinski definition) is 1. The summed E-state index contributed by atoms with van der Waals surface area (Å²) in [5.41, 5.74) is 0.575. The van der Waals surface area contributed by atoms with E-state index in [0.29, 0.717) is 10.5 Å². The normalized spacial score (nSPS) is 26.8. The number of rotatable bonds is 8. The molecule has 4 aliphatic rings. The van der Waals surface area contributed by atoms with E-state index in [4.69, 9.17) is 13.9 Å². The Bertz CT molecular complexity index is 1060. The number of methoxy groups -OCH3 is 1.